The van der Waals surface area contributed by atoms with Gasteiger partial charge in [-0.2, -0.15) is 0 Å². The Hall–Kier alpha value is -0.820. The fourth-order valence-corrected chi connectivity index (χ4v) is 1.62. The average Bonchev–Trinajstić information content (AvgIpc) is 2.34. The van der Waals surface area contributed by atoms with Gasteiger partial charge in [0.15, 0.2) is 4.34 Å². The predicted octanol–water partition coefficient (Wildman–Crippen LogP) is 0.751. The van der Waals surface area contributed by atoms with Crippen LogP contribution in [0, 0.1) is 0 Å². The molecule has 1 rings (SSSR count). The van der Waals surface area contributed by atoms with Gasteiger partial charge in [0.25, 0.3) is 0 Å². The quantitative estimate of drug-likeness (QED) is 0.532. The number of thioether (sulfide) groups is 1. The van der Waals surface area contributed by atoms with E-state index >= 15 is 0 Å². The van der Waals surface area contributed by atoms with Gasteiger partial charge in [-0.1, -0.05) is 23.1 Å². The van der Waals surface area contributed by atoms with Crippen molar-refractivity contribution in [1.29, 1.82) is 0 Å². The monoisotopic (exact) mass is 190 g/mol. The Morgan fingerprint density at radius 2 is 2.45 bits per heavy atom. The number of rotatable bonds is 2. The predicted molar refractivity (Wildman–Crippen MR) is 44.9 cm³/mol. The number of nitrogens with two attached hydrogens (primary N) is 1. The van der Waals surface area contributed by atoms with Gasteiger partial charge in [0.05, 0.1) is 0 Å². The molecule has 0 spiro atoms. The minimum atomic E-state index is -0.617. The fourth-order valence-electron chi connectivity index (χ4n) is 0.448. The number of nitrogens with one attached hydrogen (secondary N) is 1. The van der Waals surface area contributed by atoms with Gasteiger partial charge in [-0.05, 0) is 6.26 Å². The molecule has 0 saturated heterocycles. The summed E-state index contributed by atoms with van der Waals surface area (Å²) in [4.78, 5) is 10.3. The van der Waals surface area contributed by atoms with E-state index in [-0.39, 0.29) is 0 Å². The van der Waals surface area contributed by atoms with Crippen molar-refractivity contribution in [1.82, 2.24) is 10.2 Å². The molecular weight excluding hydrogens is 184 g/mol. The lowest BCUT2D eigenvalue weighted by atomic mass is 11.0. The Balaban J connectivity index is 2.65. The van der Waals surface area contributed by atoms with Crippen molar-refractivity contribution in [2.24, 2.45) is 5.73 Å². The number of carbonyl (C=O) groups is 1. The number of hydrogen-bond donors (Lipinski definition) is 2. The number of anilines is 1. The standard InChI is InChI=1S/C4H6N4OS2/c1-10-4-8-7-3(11-4)6-2(5)9/h1H3,(H3,5,6,7,9). The molecule has 0 aliphatic heterocycles. The Morgan fingerprint density at radius 1 is 1.73 bits per heavy atom. The molecule has 0 aliphatic carbocycles. The zero-order chi connectivity index (χ0) is 8.27. The van der Waals surface area contributed by atoms with E-state index in [9.17, 15) is 4.79 Å². The molecule has 0 saturated carbocycles. The maximum atomic E-state index is 10.3. The molecule has 0 aromatic carbocycles. The first-order valence-corrected chi connectivity index (χ1v) is 4.70. The third kappa shape index (κ3) is 2.35. The van der Waals surface area contributed by atoms with Crippen molar-refractivity contribution in [3.8, 4) is 0 Å². The second kappa shape index (κ2) is 3.54. The first-order valence-electron chi connectivity index (χ1n) is 2.66. The van der Waals surface area contributed by atoms with E-state index in [1.807, 2.05) is 6.26 Å². The van der Waals surface area contributed by atoms with E-state index in [0.29, 0.717) is 5.13 Å². The highest BCUT2D eigenvalue weighted by molar-refractivity contribution is 8.00. The normalized spacial score (nSPS) is 9.55. The summed E-state index contributed by atoms with van der Waals surface area (Å²) < 4.78 is 0.800. The molecule has 11 heavy (non-hydrogen) atoms. The van der Waals surface area contributed by atoms with Crippen LogP contribution in [0.4, 0.5) is 9.93 Å². The van der Waals surface area contributed by atoms with Crippen LogP contribution in [0.2, 0.25) is 0 Å². The summed E-state index contributed by atoms with van der Waals surface area (Å²) in [6, 6.07) is -0.617. The number of urea groups is 1. The van der Waals surface area contributed by atoms with Crippen LogP contribution >= 0.6 is 23.1 Å². The van der Waals surface area contributed by atoms with Gasteiger partial charge in [0.2, 0.25) is 5.13 Å². The Labute approximate surface area is 71.4 Å². The molecule has 1 heterocycles. The maximum Gasteiger partial charge on any atom is 0.318 e. The van der Waals surface area contributed by atoms with Gasteiger partial charge < -0.3 is 5.73 Å². The molecule has 7 heteroatoms. The van der Waals surface area contributed by atoms with Crippen LogP contribution < -0.4 is 11.1 Å². The summed E-state index contributed by atoms with van der Waals surface area (Å²) in [5, 5.41) is 10.2. The van der Waals surface area contributed by atoms with E-state index in [0.717, 1.165) is 4.34 Å². The second-order valence-electron chi connectivity index (χ2n) is 1.57. The molecule has 0 radical (unpaired) electrons. The number of nitrogens with zero attached hydrogens (tertiary/aromatic N) is 2. The summed E-state index contributed by atoms with van der Waals surface area (Å²) in [5.74, 6) is 0. The van der Waals surface area contributed by atoms with Crippen LogP contribution in [-0.4, -0.2) is 22.5 Å². The summed E-state index contributed by atoms with van der Waals surface area (Å²) in [5.41, 5.74) is 4.86. The van der Waals surface area contributed by atoms with Crippen molar-refractivity contribution in [3.05, 3.63) is 0 Å². The zero-order valence-electron chi connectivity index (χ0n) is 5.70. The Kier molecular flexibility index (Phi) is 2.66. The number of primary amides is 1. The molecule has 0 atom stereocenters. The van der Waals surface area contributed by atoms with Crippen LogP contribution in [0.1, 0.15) is 0 Å². The molecular formula is C4H6N4OS2. The van der Waals surface area contributed by atoms with E-state index < -0.39 is 6.03 Å². The van der Waals surface area contributed by atoms with Gasteiger partial charge >= 0.3 is 6.03 Å². The van der Waals surface area contributed by atoms with Crippen LogP contribution in [0.25, 0.3) is 0 Å². The van der Waals surface area contributed by atoms with Gasteiger partial charge in [0, 0.05) is 0 Å². The highest BCUT2D eigenvalue weighted by Crippen LogP contribution is 2.22. The third-order valence-electron chi connectivity index (χ3n) is 0.811. The van der Waals surface area contributed by atoms with Crippen LogP contribution in [0.15, 0.2) is 4.34 Å². The fraction of sp³-hybridized carbons (Fsp3) is 0.250. The van der Waals surface area contributed by atoms with E-state index in [1.165, 1.54) is 23.1 Å². The van der Waals surface area contributed by atoms with E-state index in [4.69, 9.17) is 5.73 Å². The van der Waals surface area contributed by atoms with E-state index in [1.54, 1.807) is 0 Å². The Morgan fingerprint density at radius 3 is 2.91 bits per heavy atom. The molecule has 60 valence electrons. The smallest absolute Gasteiger partial charge is 0.318 e. The molecule has 5 nitrogen and oxygen atoms in total. The summed E-state index contributed by atoms with van der Waals surface area (Å²) in [7, 11) is 0. The van der Waals surface area contributed by atoms with Crippen LogP contribution in [0.5, 0.6) is 0 Å². The maximum absolute atomic E-state index is 10.3. The van der Waals surface area contributed by atoms with Gasteiger partial charge in [-0.3, -0.25) is 5.32 Å². The third-order valence-corrected chi connectivity index (χ3v) is 2.63. The first kappa shape index (κ1) is 8.28. The number of carbonyl (C=O) groups excluding carboxylic acids is 1. The molecule has 0 unspecified atom stereocenters. The Bertz CT molecular complexity index is 260. The molecule has 0 fully saturated rings. The number of aromatic nitrogens is 2. The first-order chi connectivity index (χ1) is 5.22. The van der Waals surface area contributed by atoms with Crippen molar-refractivity contribution in [3.63, 3.8) is 0 Å². The number of amides is 2. The SMILES string of the molecule is CSc1nnc(NC(N)=O)s1. The molecule has 1 aromatic heterocycles. The van der Waals surface area contributed by atoms with Gasteiger partial charge in [-0.25, -0.2) is 4.79 Å². The topological polar surface area (TPSA) is 80.9 Å². The summed E-state index contributed by atoms with van der Waals surface area (Å²) >= 11 is 2.76. The second-order valence-corrected chi connectivity index (χ2v) is 3.60. The largest absolute Gasteiger partial charge is 0.351 e. The van der Waals surface area contributed by atoms with Gasteiger partial charge in [-0.15, -0.1) is 10.2 Å². The van der Waals surface area contributed by atoms with Crippen molar-refractivity contribution >= 4 is 34.3 Å². The summed E-state index contributed by atoms with van der Waals surface area (Å²) in [6.45, 7) is 0. The van der Waals surface area contributed by atoms with E-state index in [2.05, 4.69) is 15.5 Å². The molecule has 0 aliphatic rings. The molecule has 0 bridgehead atoms. The lowest BCUT2D eigenvalue weighted by Crippen LogP contribution is -2.18. The molecule has 1 aromatic rings. The highest BCUT2D eigenvalue weighted by Gasteiger charge is 2.03. The van der Waals surface area contributed by atoms with Crippen molar-refractivity contribution in [2.75, 3.05) is 11.6 Å². The zero-order valence-corrected chi connectivity index (χ0v) is 7.33. The molecule has 2 amide bonds. The van der Waals surface area contributed by atoms with Crippen molar-refractivity contribution < 1.29 is 4.79 Å². The lowest BCUT2D eigenvalue weighted by molar-refractivity contribution is 0.259. The average molecular weight is 190 g/mol. The lowest BCUT2D eigenvalue weighted by Gasteiger charge is -1.89. The van der Waals surface area contributed by atoms with Crippen LogP contribution in [-0.2, 0) is 0 Å². The molecule has 3 N–H and O–H groups in total. The van der Waals surface area contributed by atoms with Crippen molar-refractivity contribution in [2.45, 2.75) is 4.34 Å². The number of hydrogen-bond acceptors (Lipinski definition) is 5. The minimum Gasteiger partial charge on any atom is -0.351 e. The minimum absolute atomic E-state index is 0.432. The highest BCUT2D eigenvalue weighted by atomic mass is 32.2. The van der Waals surface area contributed by atoms with Gasteiger partial charge in [0.1, 0.15) is 0 Å². The van der Waals surface area contributed by atoms with Crippen LogP contribution in [0.3, 0.4) is 0 Å². The summed E-state index contributed by atoms with van der Waals surface area (Å²) in [6.07, 6.45) is 1.88.